The summed E-state index contributed by atoms with van der Waals surface area (Å²) in [7, 11) is 1.69. The summed E-state index contributed by atoms with van der Waals surface area (Å²) in [5, 5.41) is 2.58. The Hall–Kier alpha value is -2.48. The van der Waals surface area contributed by atoms with E-state index >= 15 is 0 Å². The van der Waals surface area contributed by atoms with Gasteiger partial charge in [0.05, 0.1) is 7.11 Å². The van der Waals surface area contributed by atoms with Gasteiger partial charge in [-0.05, 0) is 54.0 Å². The molecule has 0 fully saturated rings. The van der Waals surface area contributed by atoms with E-state index in [1.165, 1.54) is 27.6 Å². The van der Waals surface area contributed by atoms with E-state index in [9.17, 15) is 0 Å². The molecule has 26 heavy (non-hydrogen) atoms. The van der Waals surface area contributed by atoms with Gasteiger partial charge in [0.2, 0.25) is 0 Å². The molecule has 0 bridgehead atoms. The molecule has 3 aromatic carbocycles. The molecule has 0 heterocycles. The number of anilines is 1. The second kappa shape index (κ2) is 8.27. The Morgan fingerprint density at radius 3 is 2.27 bits per heavy atom. The summed E-state index contributed by atoms with van der Waals surface area (Å²) < 4.78 is 5.41. The van der Waals surface area contributed by atoms with Crippen LogP contribution in [0.4, 0.5) is 5.69 Å². The van der Waals surface area contributed by atoms with Crippen molar-refractivity contribution < 1.29 is 4.74 Å². The standard InChI is InChI=1S/C24H28NO/c1-5-15-25(16-6-2)24-12-8-10-20-21(9-7-11-22(20)24)23-17-19(26-4)14-13-18(23)3/h7-14H,5-6,15-16H2,1-4H3. The van der Waals surface area contributed by atoms with Crippen LogP contribution in [0, 0.1) is 13.0 Å². The minimum Gasteiger partial charge on any atom is -0.496 e. The van der Waals surface area contributed by atoms with E-state index in [4.69, 9.17) is 4.74 Å². The third-order valence-electron chi connectivity index (χ3n) is 4.84. The van der Waals surface area contributed by atoms with Crippen LogP contribution < -0.4 is 9.64 Å². The van der Waals surface area contributed by atoms with Gasteiger partial charge in [0, 0.05) is 30.2 Å². The quantitative estimate of drug-likeness (QED) is 0.501. The molecule has 0 aliphatic carbocycles. The van der Waals surface area contributed by atoms with Gasteiger partial charge in [0.15, 0.2) is 0 Å². The van der Waals surface area contributed by atoms with Crippen molar-refractivity contribution in [2.45, 2.75) is 33.6 Å². The number of rotatable bonds is 7. The van der Waals surface area contributed by atoms with Crippen LogP contribution in [-0.4, -0.2) is 20.2 Å². The Kier molecular flexibility index (Phi) is 5.82. The van der Waals surface area contributed by atoms with E-state index in [0.29, 0.717) is 0 Å². The molecule has 0 aromatic heterocycles. The van der Waals surface area contributed by atoms with Gasteiger partial charge in [-0.3, -0.25) is 0 Å². The monoisotopic (exact) mass is 346 g/mol. The molecular weight excluding hydrogens is 318 g/mol. The highest BCUT2D eigenvalue weighted by molar-refractivity contribution is 6.03. The van der Waals surface area contributed by atoms with Crippen molar-refractivity contribution in [2.24, 2.45) is 0 Å². The highest BCUT2D eigenvalue weighted by atomic mass is 16.5. The van der Waals surface area contributed by atoms with Gasteiger partial charge in [-0.2, -0.15) is 0 Å². The number of hydrogen-bond donors (Lipinski definition) is 0. The van der Waals surface area contributed by atoms with E-state index in [1.54, 1.807) is 7.11 Å². The molecule has 3 rings (SSSR count). The maximum absolute atomic E-state index is 5.41. The molecular formula is C24H28NO. The van der Waals surface area contributed by atoms with Crippen LogP contribution in [0.3, 0.4) is 0 Å². The minimum absolute atomic E-state index is 0.775. The molecule has 0 amide bonds. The van der Waals surface area contributed by atoms with Crippen molar-refractivity contribution in [2.75, 3.05) is 25.1 Å². The highest BCUT2D eigenvalue weighted by Crippen LogP contribution is 2.36. The van der Waals surface area contributed by atoms with Gasteiger partial charge < -0.3 is 9.64 Å². The maximum Gasteiger partial charge on any atom is 0.127 e. The molecule has 0 atom stereocenters. The first-order chi connectivity index (χ1) is 12.7. The zero-order chi connectivity index (χ0) is 18.5. The third-order valence-corrected chi connectivity index (χ3v) is 4.84. The van der Waals surface area contributed by atoms with Gasteiger partial charge in [-0.1, -0.05) is 50.2 Å². The molecule has 0 spiro atoms. The minimum atomic E-state index is 0.775. The lowest BCUT2D eigenvalue weighted by Gasteiger charge is -2.26. The number of aryl methyl sites for hydroxylation is 1. The Morgan fingerprint density at radius 1 is 0.885 bits per heavy atom. The first-order valence-electron chi connectivity index (χ1n) is 9.53. The van der Waals surface area contributed by atoms with E-state index in [0.717, 1.165) is 37.2 Å². The normalized spacial score (nSPS) is 10.9. The second-order valence-electron chi connectivity index (χ2n) is 6.75. The molecule has 2 heteroatoms. The first-order valence-corrected chi connectivity index (χ1v) is 9.53. The van der Waals surface area contributed by atoms with Gasteiger partial charge >= 0.3 is 0 Å². The number of methoxy groups -OCH3 is 1. The van der Waals surface area contributed by atoms with Gasteiger partial charge in [-0.25, -0.2) is 0 Å². The van der Waals surface area contributed by atoms with Crippen LogP contribution >= 0.6 is 0 Å². The molecule has 0 aliphatic rings. The van der Waals surface area contributed by atoms with E-state index < -0.39 is 0 Å². The number of ether oxygens (including phenoxy) is 1. The molecule has 135 valence electrons. The van der Waals surface area contributed by atoms with Crippen LogP contribution in [-0.2, 0) is 0 Å². The topological polar surface area (TPSA) is 12.5 Å². The van der Waals surface area contributed by atoms with Gasteiger partial charge in [0.1, 0.15) is 5.75 Å². The van der Waals surface area contributed by atoms with Crippen LogP contribution in [0.15, 0.2) is 48.5 Å². The summed E-state index contributed by atoms with van der Waals surface area (Å²) in [6.45, 7) is 8.79. The van der Waals surface area contributed by atoms with Crippen molar-refractivity contribution in [1.29, 1.82) is 0 Å². The lowest BCUT2D eigenvalue weighted by atomic mass is 9.94. The van der Waals surface area contributed by atoms with Crippen molar-refractivity contribution in [1.82, 2.24) is 0 Å². The summed E-state index contributed by atoms with van der Waals surface area (Å²) in [6.07, 6.45) is 2.30. The number of nitrogens with zero attached hydrogens (tertiary/aromatic N) is 1. The van der Waals surface area contributed by atoms with Crippen molar-refractivity contribution in [3.8, 4) is 16.9 Å². The van der Waals surface area contributed by atoms with Crippen molar-refractivity contribution in [3.63, 3.8) is 0 Å². The number of hydrogen-bond acceptors (Lipinski definition) is 2. The lowest BCUT2D eigenvalue weighted by Crippen LogP contribution is -2.25. The zero-order valence-electron chi connectivity index (χ0n) is 16.3. The third kappa shape index (κ3) is 3.55. The first kappa shape index (κ1) is 18.3. The van der Waals surface area contributed by atoms with Gasteiger partial charge in [0.25, 0.3) is 0 Å². The zero-order valence-corrected chi connectivity index (χ0v) is 16.3. The Labute approximate surface area is 157 Å². The SMILES string of the molecule is CCCN(CCC)c1cccc2c(-c3[c]c(OC)ccc3C)cccc12. The van der Waals surface area contributed by atoms with E-state index in [2.05, 4.69) is 74.2 Å². The number of fused-ring (bicyclic) bond motifs is 1. The van der Waals surface area contributed by atoms with E-state index in [-0.39, 0.29) is 0 Å². The lowest BCUT2D eigenvalue weighted by molar-refractivity contribution is 0.414. The summed E-state index contributed by atoms with van der Waals surface area (Å²) in [4.78, 5) is 2.51. The Balaban J connectivity index is 2.19. The Bertz CT molecular complexity index is 879. The largest absolute Gasteiger partial charge is 0.496 e. The predicted octanol–water partition coefficient (Wildman–Crippen LogP) is 6.25. The van der Waals surface area contributed by atoms with Crippen molar-refractivity contribution in [3.05, 3.63) is 60.2 Å². The maximum atomic E-state index is 5.41. The fourth-order valence-corrected chi connectivity index (χ4v) is 3.63. The summed E-state index contributed by atoms with van der Waals surface area (Å²) in [6, 6.07) is 20.7. The molecule has 0 unspecified atom stereocenters. The van der Waals surface area contributed by atoms with Gasteiger partial charge in [-0.15, -0.1) is 0 Å². The predicted molar refractivity (Wildman–Crippen MR) is 112 cm³/mol. The molecule has 0 saturated heterocycles. The second-order valence-corrected chi connectivity index (χ2v) is 6.75. The van der Waals surface area contributed by atoms with Crippen LogP contribution in [0.5, 0.6) is 5.75 Å². The summed E-state index contributed by atoms with van der Waals surface area (Å²) in [5.74, 6) is 0.775. The summed E-state index contributed by atoms with van der Waals surface area (Å²) in [5.41, 5.74) is 4.87. The Morgan fingerprint density at radius 2 is 1.58 bits per heavy atom. The molecule has 0 saturated carbocycles. The molecule has 2 nitrogen and oxygen atoms in total. The fraction of sp³-hybridized carbons (Fsp3) is 0.333. The van der Waals surface area contributed by atoms with E-state index in [1.807, 2.05) is 6.07 Å². The summed E-state index contributed by atoms with van der Waals surface area (Å²) >= 11 is 0. The molecule has 0 aliphatic heterocycles. The van der Waals surface area contributed by atoms with Crippen LogP contribution in [0.25, 0.3) is 21.9 Å². The number of benzene rings is 3. The fourth-order valence-electron chi connectivity index (χ4n) is 3.63. The molecule has 0 N–H and O–H groups in total. The molecule has 1 radical (unpaired) electrons. The molecule has 3 aromatic rings. The van der Waals surface area contributed by atoms with Crippen LogP contribution in [0.1, 0.15) is 32.3 Å². The smallest absolute Gasteiger partial charge is 0.127 e. The average Bonchev–Trinajstić information content (AvgIpc) is 2.67. The van der Waals surface area contributed by atoms with Crippen molar-refractivity contribution >= 4 is 16.5 Å². The highest BCUT2D eigenvalue weighted by Gasteiger charge is 2.13. The average molecular weight is 346 g/mol. The van der Waals surface area contributed by atoms with Crippen LogP contribution in [0.2, 0.25) is 0 Å².